The number of fused-ring (bicyclic) bond motifs is 1. The number of hydrogen-bond acceptors (Lipinski definition) is 5. The van der Waals surface area contributed by atoms with Crippen LogP contribution in [0.1, 0.15) is 40.4 Å². The molecule has 1 aliphatic rings. The molecule has 6 heteroatoms. The van der Waals surface area contributed by atoms with Crippen LogP contribution >= 0.6 is 0 Å². The van der Waals surface area contributed by atoms with Gasteiger partial charge in [0.1, 0.15) is 0 Å². The first-order valence-corrected chi connectivity index (χ1v) is 9.46. The van der Waals surface area contributed by atoms with Gasteiger partial charge in [0.25, 0.3) is 5.91 Å². The number of ether oxygens (including phenoxy) is 2. The largest absolute Gasteiger partial charge is 0.465 e. The maximum absolute atomic E-state index is 12.3. The minimum atomic E-state index is -0.929. The van der Waals surface area contributed by atoms with E-state index in [1.807, 2.05) is 18.2 Å². The van der Waals surface area contributed by atoms with Gasteiger partial charge in [0, 0.05) is 11.8 Å². The van der Waals surface area contributed by atoms with Crippen molar-refractivity contribution in [1.82, 2.24) is 0 Å². The van der Waals surface area contributed by atoms with Crippen molar-refractivity contribution in [2.75, 3.05) is 12.4 Å². The summed E-state index contributed by atoms with van der Waals surface area (Å²) in [5, 5.41) is 2.79. The number of benzene rings is 2. The van der Waals surface area contributed by atoms with Crippen molar-refractivity contribution in [3.05, 3.63) is 70.8 Å². The van der Waals surface area contributed by atoms with Crippen LogP contribution in [0.5, 0.6) is 0 Å². The van der Waals surface area contributed by atoms with Crippen LogP contribution in [-0.4, -0.2) is 31.1 Å². The van der Waals surface area contributed by atoms with Crippen molar-refractivity contribution in [2.24, 2.45) is 0 Å². The number of carbonyl (C=O) groups excluding carboxylic acids is 3. The van der Waals surface area contributed by atoms with E-state index in [0.717, 1.165) is 19.3 Å². The number of carbonyl (C=O) groups is 3. The third-order valence-electron chi connectivity index (χ3n) is 4.77. The number of esters is 2. The number of aryl methyl sites for hydroxylation is 2. The number of amides is 1. The molecule has 150 valence electrons. The fourth-order valence-corrected chi connectivity index (χ4v) is 3.17. The summed E-state index contributed by atoms with van der Waals surface area (Å²) in [5.41, 5.74) is 4.43. The summed E-state index contributed by atoms with van der Waals surface area (Å²) in [4.78, 5) is 35.7. The van der Waals surface area contributed by atoms with E-state index in [2.05, 4.69) is 10.1 Å². The summed E-state index contributed by atoms with van der Waals surface area (Å²) in [6, 6.07) is 12.4. The Morgan fingerprint density at radius 2 is 1.76 bits per heavy atom. The quantitative estimate of drug-likeness (QED) is 0.600. The van der Waals surface area contributed by atoms with E-state index in [4.69, 9.17) is 4.74 Å². The molecule has 0 saturated carbocycles. The molecule has 0 bridgehead atoms. The molecule has 3 rings (SSSR count). The molecule has 1 amide bonds. The van der Waals surface area contributed by atoms with Crippen molar-refractivity contribution in [2.45, 2.75) is 32.3 Å². The van der Waals surface area contributed by atoms with Crippen LogP contribution in [0.15, 0.2) is 48.5 Å². The number of anilines is 1. The topological polar surface area (TPSA) is 81.7 Å². The highest BCUT2D eigenvalue weighted by Crippen LogP contribution is 2.25. The lowest BCUT2D eigenvalue weighted by molar-refractivity contribution is -0.148. The first-order chi connectivity index (χ1) is 14.0. The second-order valence-corrected chi connectivity index (χ2v) is 6.85. The van der Waals surface area contributed by atoms with Crippen LogP contribution in [0, 0.1) is 0 Å². The molecular formula is C23H23NO5. The molecule has 0 radical (unpaired) electrons. The van der Waals surface area contributed by atoms with Crippen LogP contribution in [0.25, 0.3) is 6.08 Å². The molecule has 6 nitrogen and oxygen atoms in total. The van der Waals surface area contributed by atoms with Crippen molar-refractivity contribution in [3.63, 3.8) is 0 Å². The van der Waals surface area contributed by atoms with Crippen LogP contribution < -0.4 is 5.32 Å². The van der Waals surface area contributed by atoms with E-state index in [1.54, 1.807) is 30.3 Å². The second kappa shape index (κ2) is 9.19. The molecule has 2 aromatic rings. The van der Waals surface area contributed by atoms with Crippen LogP contribution in [0.4, 0.5) is 5.69 Å². The highest BCUT2D eigenvalue weighted by molar-refractivity contribution is 5.96. The number of rotatable bonds is 6. The van der Waals surface area contributed by atoms with E-state index in [9.17, 15) is 14.4 Å². The fraction of sp³-hybridized carbons (Fsp3) is 0.261. The zero-order valence-electron chi connectivity index (χ0n) is 16.4. The fourth-order valence-electron chi connectivity index (χ4n) is 3.17. The average molecular weight is 393 g/mol. The van der Waals surface area contributed by atoms with Crippen molar-refractivity contribution >= 4 is 29.6 Å². The molecule has 1 aliphatic carbocycles. The first kappa shape index (κ1) is 20.3. The van der Waals surface area contributed by atoms with Gasteiger partial charge < -0.3 is 14.8 Å². The molecular weight excluding hydrogens is 370 g/mol. The summed E-state index contributed by atoms with van der Waals surface area (Å²) in [6.07, 6.45) is 5.10. The summed E-state index contributed by atoms with van der Waals surface area (Å²) in [6.45, 7) is 1.53. The van der Waals surface area contributed by atoms with E-state index < -0.39 is 18.0 Å². The number of methoxy groups -OCH3 is 1. The third-order valence-corrected chi connectivity index (χ3v) is 4.77. The van der Waals surface area contributed by atoms with E-state index in [0.29, 0.717) is 16.8 Å². The Morgan fingerprint density at radius 3 is 2.48 bits per heavy atom. The van der Waals surface area contributed by atoms with Gasteiger partial charge in [-0.25, -0.2) is 9.59 Å². The number of hydrogen-bond donors (Lipinski definition) is 1. The van der Waals surface area contributed by atoms with Crippen molar-refractivity contribution in [3.8, 4) is 0 Å². The Kier molecular flexibility index (Phi) is 6.44. The summed E-state index contributed by atoms with van der Waals surface area (Å²) >= 11 is 0. The molecule has 1 atom stereocenters. The predicted molar refractivity (Wildman–Crippen MR) is 109 cm³/mol. The highest BCUT2D eigenvalue weighted by Gasteiger charge is 2.18. The first-order valence-electron chi connectivity index (χ1n) is 9.46. The SMILES string of the molecule is COC(=O)c1ccc(/C=C/C(=O)O[C@@H](C)C(=O)Nc2ccc3c(c2)CCC3)cc1. The third kappa shape index (κ3) is 5.31. The van der Waals surface area contributed by atoms with Gasteiger partial charge in [0.15, 0.2) is 6.10 Å². The summed E-state index contributed by atoms with van der Waals surface area (Å²) < 4.78 is 9.80. The predicted octanol–water partition coefficient (Wildman–Crippen LogP) is 3.55. The summed E-state index contributed by atoms with van der Waals surface area (Å²) in [5.74, 6) is -1.44. The van der Waals surface area contributed by atoms with Gasteiger partial charge in [-0.3, -0.25) is 4.79 Å². The van der Waals surface area contributed by atoms with Crippen LogP contribution in [0.2, 0.25) is 0 Å². The van der Waals surface area contributed by atoms with Gasteiger partial charge in [0.05, 0.1) is 12.7 Å². The number of nitrogens with one attached hydrogen (secondary N) is 1. The van der Waals surface area contributed by atoms with E-state index in [1.165, 1.54) is 31.2 Å². The molecule has 0 aromatic heterocycles. The van der Waals surface area contributed by atoms with Gasteiger partial charge >= 0.3 is 11.9 Å². The molecule has 0 saturated heterocycles. The van der Waals surface area contributed by atoms with Gasteiger partial charge in [-0.05, 0) is 73.2 Å². The molecule has 0 heterocycles. The molecule has 2 aromatic carbocycles. The molecule has 0 spiro atoms. The monoisotopic (exact) mass is 393 g/mol. The van der Waals surface area contributed by atoms with E-state index >= 15 is 0 Å². The van der Waals surface area contributed by atoms with Crippen LogP contribution in [0.3, 0.4) is 0 Å². The Hall–Kier alpha value is -3.41. The summed E-state index contributed by atoms with van der Waals surface area (Å²) in [7, 11) is 1.31. The molecule has 0 unspecified atom stereocenters. The zero-order valence-corrected chi connectivity index (χ0v) is 16.4. The Balaban J connectivity index is 1.52. The van der Waals surface area contributed by atoms with E-state index in [-0.39, 0.29) is 5.91 Å². The van der Waals surface area contributed by atoms with Gasteiger partial charge in [-0.1, -0.05) is 18.2 Å². The minimum absolute atomic E-state index is 0.382. The molecule has 0 aliphatic heterocycles. The highest BCUT2D eigenvalue weighted by atomic mass is 16.5. The molecule has 1 N–H and O–H groups in total. The maximum Gasteiger partial charge on any atom is 0.337 e. The van der Waals surface area contributed by atoms with Gasteiger partial charge in [-0.15, -0.1) is 0 Å². The minimum Gasteiger partial charge on any atom is -0.465 e. The average Bonchev–Trinajstić information content (AvgIpc) is 3.19. The second-order valence-electron chi connectivity index (χ2n) is 6.85. The smallest absolute Gasteiger partial charge is 0.337 e. The zero-order chi connectivity index (χ0) is 20.8. The maximum atomic E-state index is 12.3. The van der Waals surface area contributed by atoms with Crippen molar-refractivity contribution in [1.29, 1.82) is 0 Å². The molecule has 29 heavy (non-hydrogen) atoms. The Morgan fingerprint density at radius 1 is 1.03 bits per heavy atom. The standard InChI is InChI=1S/C23H23NO5/c1-15(22(26)24-20-12-11-17-4-3-5-19(17)14-20)29-21(25)13-8-16-6-9-18(10-7-16)23(27)28-2/h6-15H,3-5H2,1-2H3,(H,24,26)/b13-8+/t15-/m0/s1. The van der Waals surface area contributed by atoms with Gasteiger partial charge in [-0.2, -0.15) is 0 Å². The van der Waals surface area contributed by atoms with Crippen LogP contribution in [-0.2, 0) is 31.9 Å². The molecule has 0 fully saturated rings. The lowest BCUT2D eigenvalue weighted by Gasteiger charge is -2.13. The Bertz CT molecular complexity index is 946. The van der Waals surface area contributed by atoms with Gasteiger partial charge in [0.2, 0.25) is 0 Å². The van der Waals surface area contributed by atoms with Crippen molar-refractivity contribution < 1.29 is 23.9 Å². The Labute approximate surface area is 169 Å². The lowest BCUT2D eigenvalue weighted by atomic mass is 10.1. The normalized spacial score (nSPS) is 13.6. The lowest BCUT2D eigenvalue weighted by Crippen LogP contribution is -2.29.